The number of halogens is 1. The van der Waals surface area contributed by atoms with Gasteiger partial charge in [0.25, 0.3) is 0 Å². The highest BCUT2D eigenvalue weighted by Gasteiger charge is 2.28. The summed E-state index contributed by atoms with van der Waals surface area (Å²) in [6, 6.07) is 2.84. The molecule has 20 heavy (non-hydrogen) atoms. The van der Waals surface area contributed by atoms with Gasteiger partial charge in [0.15, 0.2) is 0 Å². The third-order valence-corrected chi connectivity index (χ3v) is 3.04. The van der Waals surface area contributed by atoms with E-state index in [1.165, 1.54) is 24.1 Å². The molecule has 3 N–H and O–H groups in total. The van der Waals surface area contributed by atoms with Crippen LogP contribution in [0.25, 0.3) is 0 Å². The third kappa shape index (κ3) is 2.67. The molecule has 1 aliphatic heterocycles. The van der Waals surface area contributed by atoms with Crippen molar-refractivity contribution in [3.63, 3.8) is 0 Å². The Bertz CT molecular complexity index is 587. The lowest BCUT2D eigenvalue weighted by atomic mass is 10.1. The molecule has 0 atom stereocenters. The molecule has 0 aromatic heterocycles. The van der Waals surface area contributed by atoms with Gasteiger partial charge in [0.05, 0.1) is 36.5 Å². The van der Waals surface area contributed by atoms with Crippen molar-refractivity contribution in [3.05, 3.63) is 22.7 Å². The number of esters is 1. The second kappa shape index (κ2) is 5.38. The van der Waals surface area contributed by atoms with Crippen molar-refractivity contribution in [3.8, 4) is 0 Å². The predicted molar refractivity (Wildman–Crippen MR) is 72.6 cm³/mol. The Morgan fingerprint density at radius 1 is 1.35 bits per heavy atom. The third-order valence-electron chi connectivity index (χ3n) is 2.76. The van der Waals surface area contributed by atoms with Gasteiger partial charge in [-0.3, -0.25) is 14.9 Å². The highest BCUT2D eigenvalue weighted by Crippen LogP contribution is 2.33. The number of anilines is 2. The molecule has 7 nitrogen and oxygen atoms in total. The standard InChI is InChI=1S/C12H12ClN3O4/c1-20-12(19)7-2-6(14)3-8(13)11(7)16-4-9(17)15-10(18)5-16/h2-3H,4-5,14H2,1H3,(H,15,17,18). The lowest BCUT2D eigenvalue weighted by Crippen LogP contribution is -2.52. The first kappa shape index (κ1) is 14.1. The lowest BCUT2D eigenvalue weighted by molar-refractivity contribution is -0.130. The number of carbonyl (C=O) groups excluding carboxylic acids is 3. The fourth-order valence-corrected chi connectivity index (χ4v) is 2.35. The van der Waals surface area contributed by atoms with Gasteiger partial charge in [-0.25, -0.2) is 4.79 Å². The Morgan fingerprint density at radius 2 is 1.95 bits per heavy atom. The Kier molecular flexibility index (Phi) is 3.80. The van der Waals surface area contributed by atoms with E-state index in [9.17, 15) is 14.4 Å². The average Bonchev–Trinajstić information content (AvgIpc) is 2.35. The van der Waals surface area contributed by atoms with E-state index in [1.54, 1.807) is 0 Å². The summed E-state index contributed by atoms with van der Waals surface area (Å²) in [6.45, 7) is -0.168. The first-order valence-electron chi connectivity index (χ1n) is 5.67. The van der Waals surface area contributed by atoms with Crippen LogP contribution in [0, 0.1) is 0 Å². The molecule has 0 saturated carbocycles. The van der Waals surface area contributed by atoms with Gasteiger partial charge in [-0.05, 0) is 12.1 Å². The number of hydrogen-bond donors (Lipinski definition) is 2. The molecule has 1 aromatic carbocycles. The molecule has 106 valence electrons. The van der Waals surface area contributed by atoms with E-state index in [1.807, 2.05) is 0 Å². The molecular weight excluding hydrogens is 286 g/mol. The normalized spacial score (nSPS) is 15.0. The quantitative estimate of drug-likeness (QED) is 0.458. The fourth-order valence-electron chi connectivity index (χ4n) is 2.00. The topological polar surface area (TPSA) is 102 Å². The Hall–Kier alpha value is -2.28. The second-order valence-electron chi connectivity index (χ2n) is 4.22. The molecule has 8 heteroatoms. The first-order valence-corrected chi connectivity index (χ1v) is 6.05. The van der Waals surface area contributed by atoms with Gasteiger partial charge in [-0.1, -0.05) is 11.6 Å². The minimum Gasteiger partial charge on any atom is -0.465 e. The van der Waals surface area contributed by atoms with E-state index >= 15 is 0 Å². The van der Waals surface area contributed by atoms with Crippen molar-refractivity contribution in [1.29, 1.82) is 0 Å². The molecule has 0 spiro atoms. The summed E-state index contributed by atoms with van der Waals surface area (Å²) in [4.78, 5) is 36.1. The highest BCUT2D eigenvalue weighted by atomic mass is 35.5. The van der Waals surface area contributed by atoms with Crippen LogP contribution in [0.4, 0.5) is 11.4 Å². The van der Waals surface area contributed by atoms with E-state index < -0.39 is 17.8 Å². The smallest absolute Gasteiger partial charge is 0.340 e. The monoisotopic (exact) mass is 297 g/mol. The van der Waals surface area contributed by atoms with Crippen molar-refractivity contribution in [2.75, 3.05) is 30.8 Å². The molecule has 0 bridgehead atoms. The van der Waals surface area contributed by atoms with Crippen LogP contribution >= 0.6 is 11.6 Å². The van der Waals surface area contributed by atoms with Gasteiger partial charge in [0.2, 0.25) is 11.8 Å². The van der Waals surface area contributed by atoms with Crippen molar-refractivity contribution >= 4 is 40.8 Å². The molecule has 1 fully saturated rings. The van der Waals surface area contributed by atoms with Crippen LogP contribution in [0.5, 0.6) is 0 Å². The van der Waals surface area contributed by atoms with E-state index in [2.05, 4.69) is 10.1 Å². The highest BCUT2D eigenvalue weighted by molar-refractivity contribution is 6.34. The SMILES string of the molecule is COC(=O)c1cc(N)cc(Cl)c1N1CC(=O)NC(=O)C1. The molecule has 1 aliphatic rings. The molecule has 0 aliphatic carbocycles. The van der Waals surface area contributed by atoms with Crippen LogP contribution in [-0.2, 0) is 14.3 Å². The number of methoxy groups -OCH3 is 1. The molecule has 1 saturated heterocycles. The second-order valence-corrected chi connectivity index (χ2v) is 4.63. The minimum atomic E-state index is -0.646. The maximum absolute atomic E-state index is 11.8. The van der Waals surface area contributed by atoms with Crippen LogP contribution in [0.15, 0.2) is 12.1 Å². The number of rotatable bonds is 2. The zero-order valence-corrected chi connectivity index (χ0v) is 11.4. The van der Waals surface area contributed by atoms with Crippen LogP contribution in [0.2, 0.25) is 5.02 Å². The van der Waals surface area contributed by atoms with Gasteiger partial charge >= 0.3 is 5.97 Å². The van der Waals surface area contributed by atoms with Crippen LogP contribution in [-0.4, -0.2) is 38.0 Å². The zero-order valence-electron chi connectivity index (χ0n) is 10.6. The van der Waals surface area contributed by atoms with Crippen LogP contribution in [0.1, 0.15) is 10.4 Å². The number of nitrogens with zero attached hydrogens (tertiary/aromatic N) is 1. The predicted octanol–water partition coefficient (Wildman–Crippen LogP) is 0.172. The van der Waals surface area contributed by atoms with Gasteiger partial charge in [0, 0.05) is 5.69 Å². The summed E-state index contributed by atoms with van der Waals surface area (Å²) in [6.07, 6.45) is 0. The van der Waals surface area contributed by atoms with Crippen LogP contribution in [0.3, 0.4) is 0 Å². The average molecular weight is 298 g/mol. The number of amides is 2. The van der Waals surface area contributed by atoms with E-state index in [0.29, 0.717) is 0 Å². The van der Waals surface area contributed by atoms with Gasteiger partial charge in [-0.2, -0.15) is 0 Å². The Balaban J connectivity index is 2.51. The molecule has 1 aromatic rings. The van der Waals surface area contributed by atoms with Gasteiger partial charge in [0.1, 0.15) is 0 Å². The summed E-state index contributed by atoms with van der Waals surface area (Å²) in [5, 5.41) is 2.34. The number of hydrogen-bond acceptors (Lipinski definition) is 6. The first-order chi connectivity index (χ1) is 9.42. The Labute approximate surface area is 119 Å². The van der Waals surface area contributed by atoms with Gasteiger partial charge < -0.3 is 15.4 Å². The fraction of sp³-hybridized carbons (Fsp3) is 0.250. The largest absolute Gasteiger partial charge is 0.465 e. The van der Waals surface area contributed by atoms with Crippen molar-refractivity contribution in [2.24, 2.45) is 0 Å². The molecule has 2 amide bonds. The molecule has 2 rings (SSSR count). The summed E-state index contributed by atoms with van der Waals surface area (Å²) < 4.78 is 4.67. The molecular formula is C12H12ClN3O4. The number of piperazine rings is 1. The number of imide groups is 1. The van der Waals surface area contributed by atoms with E-state index in [4.69, 9.17) is 17.3 Å². The van der Waals surface area contributed by atoms with Gasteiger partial charge in [-0.15, -0.1) is 0 Å². The van der Waals surface area contributed by atoms with Crippen molar-refractivity contribution in [2.45, 2.75) is 0 Å². The van der Waals surface area contributed by atoms with E-state index in [0.717, 1.165) is 0 Å². The Morgan fingerprint density at radius 3 is 2.50 bits per heavy atom. The summed E-state index contributed by atoms with van der Waals surface area (Å²) in [5.74, 6) is -1.58. The summed E-state index contributed by atoms with van der Waals surface area (Å²) in [5.41, 5.74) is 6.30. The van der Waals surface area contributed by atoms with E-state index in [-0.39, 0.29) is 35.1 Å². The van der Waals surface area contributed by atoms with Crippen molar-refractivity contribution < 1.29 is 19.1 Å². The van der Waals surface area contributed by atoms with Crippen molar-refractivity contribution in [1.82, 2.24) is 5.32 Å². The number of benzene rings is 1. The number of carbonyl (C=O) groups is 3. The zero-order chi connectivity index (χ0) is 14.9. The summed E-state index contributed by atoms with van der Waals surface area (Å²) >= 11 is 6.09. The molecule has 0 radical (unpaired) electrons. The number of nitrogen functional groups attached to an aromatic ring is 1. The summed E-state index contributed by atoms with van der Waals surface area (Å²) in [7, 11) is 1.22. The number of nitrogens with two attached hydrogens (primary N) is 1. The molecule has 0 unspecified atom stereocenters. The van der Waals surface area contributed by atoms with Crippen LogP contribution < -0.4 is 16.0 Å². The maximum atomic E-state index is 11.8. The number of ether oxygens (including phenoxy) is 1. The minimum absolute atomic E-state index is 0.0840. The molecule has 1 heterocycles. The number of nitrogens with one attached hydrogen (secondary N) is 1. The lowest BCUT2D eigenvalue weighted by Gasteiger charge is -2.29. The maximum Gasteiger partial charge on any atom is 0.340 e.